The van der Waals surface area contributed by atoms with E-state index in [1.807, 2.05) is 0 Å². The van der Waals surface area contributed by atoms with Gasteiger partial charge in [0.05, 0.1) is 12.3 Å². The van der Waals surface area contributed by atoms with Gasteiger partial charge in [0.15, 0.2) is 0 Å². The van der Waals surface area contributed by atoms with Crippen LogP contribution in [-0.2, 0) is 9.59 Å². The molecule has 1 aliphatic rings. The van der Waals surface area contributed by atoms with Gasteiger partial charge in [0.2, 0.25) is 5.91 Å². The molecule has 0 bridgehead atoms. The van der Waals surface area contributed by atoms with Crippen molar-refractivity contribution in [3.8, 4) is 0 Å². The first-order chi connectivity index (χ1) is 9.23. The van der Waals surface area contributed by atoms with E-state index in [2.05, 4.69) is 20.8 Å². The lowest BCUT2D eigenvalue weighted by atomic mass is 9.64. The molecule has 1 amide bonds. The van der Waals surface area contributed by atoms with Gasteiger partial charge in [-0.3, -0.25) is 9.59 Å². The van der Waals surface area contributed by atoms with Gasteiger partial charge in [0.1, 0.15) is 0 Å². The normalized spacial score (nSPS) is 28.2. The van der Waals surface area contributed by atoms with Crippen LogP contribution in [0.3, 0.4) is 0 Å². The number of carboxylic acids is 1. The Morgan fingerprint density at radius 1 is 1.20 bits per heavy atom. The summed E-state index contributed by atoms with van der Waals surface area (Å²) in [6.45, 7) is 6.58. The lowest BCUT2D eigenvalue weighted by Gasteiger charge is -2.41. The Morgan fingerprint density at radius 2 is 1.80 bits per heavy atom. The van der Waals surface area contributed by atoms with E-state index >= 15 is 0 Å². The second-order valence-electron chi connectivity index (χ2n) is 6.93. The van der Waals surface area contributed by atoms with Crippen molar-refractivity contribution in [3.05, 3.63) is 0 Å². The number of carboxylic acid groups (broad SMARTS) is 1. The summed E-state index contributed by atoms with van der Waals surface area (Å²) >= 11 is 0. The van der Waals surface area contributed by atoms with Gasteiger partial charge in [-0.25, -0.2) is 0 Å². The molecular formula is C16H29NO3. The van der Waals surface area contributed by atoms with Crippen LogP contribution >= 0.6 is 0 Å². The monoisotopic (exact) mass is 283 g/mol. The minimum absolute atomic E-state index is 0.0304. The molecule has 4 nitrogen and oxygen atoms in total. The summed E-state index contributed by atoms with van der Waals surface area (Å²) in [6.07, 6.45) is 3.23. The van der Waals surface area contributed by atoms with Crippen molar-refractivity contribution in [2.45, 2.75) is 46.5 Å². The first-order valence-electron chi connectivity index (χ1n) is 7.67. The fourth-order valence-electron chi connectivity index (χ4n) is 3.68. The fraction of sp³-hybridized carbons (Fsp3) is 0.875. The summed E-state index contributed by atoms with van der Waals surface area (Å²) in [5.41, 5.74) is 0. The zero-order valence-corrected chi connectivity index (χ0v) is 13.4. The SMILES string of the molecule is CC1CCC(C(C)C)C(C(CC(=O)O)C(=O)N(C)C)C1. The van der Waals surface area contributed by atoms with Gasteiger partial charge in [0, 0.05) is 14.1 Å². The molecule has 1 aliphatic carbocycles. The van der Waals surface area contributed by atoms with Crippen molar-refractivity contribution in [2.75, 3.05) is 14.1 Å². The highest BCUT2D eigenvalue weighted by Gasteiger charge is 2.40. The van der Waals surface area contributed by atoms with Crippen molar-refractivity contribution < 1.29 is 14.7 Å². The lowest BCUT2D eigenvalue weighted by Crippen LogP contribution is -2.42. The number of nitrogens with zero attached hydrogens (tertiary/aromatic N) is 1. The Balaban J connectivity index is 3.00. The molecule has 1 N–H and O–H groups in total. The van der Waals surface area contributed by atoms with E-state index in [1.165, 1.54) is 6.42 Å². The Morgan fingerprint density at radius 3 is 2.25 bits per heavy atom. The molecular weight excluding hydrogens is 254 g/mol. The number of rotatable bonds is 5. The average Bonchev–Trinajstić information content (AvgIpc) is 2.34. The van der Waals surface area contributed by atoms with Crippen molar-refractivity contribution in [3.63, 3.8) is 0 Å². The van der Waals surface area contributed by atoms with Crippen LogP contribution in [0.25, 0.3) is 0 Å². The molecule has 20 heavy (non-hydrogen) atoms. The highest BCUT2D eigenvalue weighted by Crippen LogP contribution is 2.43. The fourth-order valence-corrected chi connectivity index (χ4v) is 3.68. The summed E-state index contributed by atoms with van der Waals surface area (Å²) < 4.78 is 0. The van der Waals surface area contributed by atoms with E-state index in [4.69, 9.17) is 5.11 Å². The Hall–Kier alpha value is -1.06. The van der Waals surface area contributed by atoms with Crippen LogP contribution in [-0.4, -0.2) is 36.0 Å². The van der Waals surface area contributed by atoms with E-state index in [0.717, 1.165) is 12.8 Å². The lowest BCUT2D eigenvalue weighted by molar-refractivity contribution is -0.146. The number of hydrogen-bond donors (Lipinski definition) is 1. The highest BCUT2D eigenvalue weighted by molar-refractivity contribution is 5.83. The minimum atomic E-state index is -0.870. The van der Waals surface area contributed by atoms with Crippen LogP contribution in [0, 0.1) is 29.6 Å². The molecule has 0 spiro atoms. The zero-order chi connectivity index (χ0) is 15.4. The van der Waals surface area contributed by atoms with Crippen LogP contribution in [0.5, 0.6) is 0 Å². The Bertz CT molecular complexity index is 352. The number of hydrogen-bond acceptors (Lipinski definition) is 2. The number of aliphatic carboxylic acids is 1. The second kappa shape index (κ2) is 7.09. The predicted molar refractivity (Wildman–Crippen MR) is 79.3 cm³/mol. The van der Waals surface area contributed by atoms with Gasteiger partial charge in [-0.15, -0.1) is 0 Å². The molecule has 4 unspecified atom stereocenters. The van der Waals surface area contributed by atoms with E-state index in [1.54, 1.807) is 19.0 Å². The van der Waals surface area contributed by atoms with Crippen molar-refractivity contribution in [2.24, 2.45) is 29.6 Å². The number of carbonyl (C=O) groups is 2. The van der Waals surface area contributed by atoms with Gasteiger partial charge in [-0.05, 0) is 36.5 Å². The summed E-state index contributed by atoms with van der Waals surface area (Å²) in [6, 6.07) is 0. The molecule has 1 saturated carbocycles. The van der Waals surface area contributed by atoms with Gasteiger partial charge in [-0.1, -0.05) is 27.2 Å². The molecule has 0 aromatic carbocycles. The third-order valence-corrected chi connectivity index (χ3v) is 4.74. The second-order valence-corrected chi connectivity index (χ2v) is 6.93. The number of carbonyl (C=O) groups excluding carboxylic acids is 1. The third-order valence-electron chi connectivity index (χ3n) is 4.74. The molecule has 0 aliphatic heterocycles. The van der Waals surface area contributed by atoms with Crippen LogP contribution < -0.4 is 0 Å². The van der Waals surface area contributed by atoms with E-state index in [-0.39, 0.29) is 24.2 Å². The first-order valence-corrected chi connectivity index (χ1v) is 7.67. The smallest absolute Gasteiger partial charge is 0.304 e. The van der Waals surface area contributed by atoms with Crippen molar-refractivity contribution in [1.82, 2.24) is 4.90 Å². The quantitative estimate of drug-likeness (QED) is 0.844. The summed E-state index contributed by atoms with van der Waals surface area (Å²) in [7, 11) is 3.43. The molecule has 0 radical (unpaired) electrons. The minimum Gasteiger partial charge on any atom is -0.481 e. The van der Waals surface area contributed by atoms with E-state index in [9.17, 15) is 9.59 Å². The van der Waals surface area contributed by atoms with Crippen LogP contribution in [0.4, 0.5) is 0 Å². The van der Waals surface area contributed by atoms with E-state index < -0.39 is 5.97 Å². The van der Waals surface area contributed by atoms with Gasteiger partial charge in [0.25, 0.3) is 0 Å². The average molecular weight is 283 g/mol. The number of amides is 1. The topological polar surface area (TPSA) is 57.6 Å². The maximum Gasteiger partial charge on any atom is 0.304 e. The summed E-state index contributed by atoms with van der Waals surface area (Å²) in [5.74, 6) is 0.463. The van der Waals surface area contributed by atoms with Gasteiger partial charge >= 0.3 is 5.97 Å². The highest BCUT2D eigenvalue weighted by atomic mass is 16.4. The molecule has 1 fully saturated rings. The maximum atomic E-state index is 12.4. The Kier molecular flexibility index (Phi) is 6.03. The zero-order valence-electron chi connectivity index (χ0n) is 13.4. The van der Waals surface area contributed by atoms with Crippen LogP contribution in [0.2, 0.25) is 0 Å². The molecule has 4 heteroatoms. The van der Waals surface area contributed by atoms with Gasteiger partial charge < -0.3 is 10.0 Å². The van der Waals surface area contributed by atoms with Crippen LogP contribution in [0.15, 0.2) is 0 Å². The summed E-state index contributed by atoms with van der Waals surface area (Å²) in [4.78, 5) is 25.1. The van der Waals surface area contributed by atoms with Gasteiger partial charge in [-0.2, -0.15) is 0 Å². The molecule has 116 valence electrons. The molecule has 0 aromatic rings. The summed E-state index contributed by atoms with van der Waals surface area (Å²) in [5, 5.41) is 9.17. The third kappa shape index (κ3) is 4.22. The molecule has 4 atom stereocenters. The van der Waals surface area contributed by atoms with Crippen molar-refractivity contribution in [1.29, 1.82) is 0 Å². The Labute approximate surface area is 122 Å². The van der Waals surface area contributed by atoms with Crippen molar-refractivity contribution >= 4 is 11.9 Å². The molecule has 0 saturated heterocycles. The molecule has 0 heterocycles. The largest absolute Gasteiger partial charge is 0.481 e. The first kappa shape index (κ1) is 17.0. The van der Waals surface area contributed by atoms with E-state index in [0.29, 0.717) is 17.8 Å². The predicted octanol–water partition coefficient (Wildman–Crippen LogP) is 2.87. The van der Waals surface area contributed by atoms with Crippen LogP contribution in [0.1, 0.15) is 46.5 Å². The standard InChI is InChI=1S/C16H29NO3/c1-10(2)12-7-6-11(3)8-13(12)14(9-15(18)19)16(20)17(4)5/h10-14H,6-9H2,1-5H3,(H,18,19). The molecule has 0 aromatic heterocycles. The maximum absolute atomic E-state index is 12.4. The molecule has 1 rings (SSSR count).